The van der Waals surface area contributed by atoms with Crippen LogP contribution in [0.4, 0.5) is 17.3 Å². The maximum absolute atomic E-state index is 13.6. The van der Waals surface area contributed by atoms with Crippen LogP contribution in [0.5, 0.6) is 0 Å². The molecule has 1 unspecified atom stereocenters. The third-order valence-corrected chi connectivity index (χ3v) is 7.19. The maximum atomic E-state index is 13.6. The molecule has 10 heteroatoms. The van der Waals surface area contributed by atoms with Gasteiger partial charge in [0.05, 0.1) is 0 Å². The second-order valence-corrected chi connectivity index (χ2v) is 9.48. The minimum Gasteiger partial charge on any atom is -0.336 e. The predicted octanol–water partition coefficient (Wildman–Crippen LogP) is 1.06. The molecule has 1 saturated heterocycles. The van der Waals surface area contributed by atoms with Crippen molar-refractivity contribution in [3.8, 4) is 0 Å². The van der Waals surface area contributed by atoms with Gasteiger partial charge in [-0.25, -0.2) is 9.97 Å². The minimum atomic E-state index is -0.668. The fraction of sp³-hybridized carbons (Fsp3) is 0.500. The summed E-state index contributed by atoms with van der Waals surface area (Å²) in [7, 11) is 0. The average molecular weight is 435 g/mol. The Hall–Kier alpha value is -3.27. The van der Waals surface area contributed by atoms with Gasteiger partial charge < -0.3 is 21.3 Å². The van der Waals surface area contributed by atoms with Gasteiger partial charge in [-0.1, -0.05) is 0 Å². The molecule has 0 radical (unpaired) electrons. The van der Waals surface area contributed by atoms with Crippen LogP contribution in [0.25, 0.3) is 0 Å². The zero-order valence-corrected chi connectivity index (χ0v) is 17.8. The largest absolute Gasteiger partial charge is 0.336 e. The molecule has 2 saturated carbocycles. The van der Waals surface area contributed by atoms with Crippen LogP contribution >= 0.6 is 0 Å². The van der Waals surface area contributed by atoms with Crippen LogP contribution in [0.2, 0.25) is 0 Å². The highest BCUT2D eigenvalue weighted by Gasteiger charge is 2.54. The molecule has 6 rings (SSSR count). The van der Waals surface area contributed by atoms with Crippen molar-refractivity contribution in [2.75, 3.05) is 23.7 Å². The van der Waals surface area contributed by atoms with Gasteiger partial charge in [0.15, 0.2) is 0 Å². The lowest BCUT2D eigenvalue weighted by Gasteiger charge is -2.28. The van der Waals surface area contributed by atoms with E-state index < -0.39 is 5.66 Å². The van der Waals surface area contributed by atoms with Gasteiger partial charge in [-0.2, -0.15) is 0 Å². The molecule has 1 spiro atoms. The van der Waals surface area contributed by atoms with Gasteiger partial charge in [-0.3, -0.25) is 19.0 Å². The van der Waals surface area contributed by atoms with E-state index in [4.69, 9.17) is 0 Å². The number of hydrogen-bond donors (Lipinski definition) is 4. The topological polar surface area (TPSA) is 130 Å². The monoisotopic (exact) mass is 435 g/mol. The summed E-state index contributed by atoms with van der Waals surface area (Å²) in [5, 5.41) is 12.4. The number of hydrogen-bond acceptors (Lipinski definition) is 7. The average Bonchev–Trinajstić information content (AvgIpc) is 3.34. The molecule has 3 atom stereocenters. The number of nitrogens with one attached hydrogen (secondary N) is 4. The number of carbonyl (C=O) groups excluding carboxylic acids is 2. The second-order valence-electron chi connectivity index (χ2n) is 9.48. The van der Waals surface area contributed by atoms with Crippen LogP contribution in [-0.4, -0.2) is 39.4 Å². The molecule has 2 aliphatic carbocycles. The van der Waals surface area contributed by atoms with Crippen molar-refractivity contribution >= 4 is 29.1 Å². The predicted molar refractivity (Wildman–Crippen MR) is 117 cm³/mol. The lowest BCUT2D eigenvalue weighted by atomic mass is 10.0. The summed E-state index contributed by atoms with van der Waals surface area (Å²) in [6.45, 7) is 3.67. The number of anilines is 3. The standard InChI is InChI=1S/C22H25N7O3/c1-11-4-15(26-16-5-17(25-10-24-16)27-19(30)12-2-3-12)21(32)29-18(11)20(31)28-22(29)6-13-8-23-9-14(13)7-22/h4-5,10,12-14,23H,2-3,6-9H2,1H3,(H,28,31)(H2,24,25,26,27,30)/t13-,14+,22?. The molecular formula is C22H25N7O3. The molecule has 3 fully saturated rings. The fourth-order valence-electron chi connectivity index (χ4n) is 5.56. The highest BCUT2D eigenvalue weighted by Crippen LogP contribution is 2.46. The normalized spacial score (nSPS) is 27.8. The summed E-state index contributed by atoms with van der Waals surface area (Å²) in [5.74, 6) is 1.52. The first-order valence-electron chi connectivity index (χ1n) is 11.1. The van der Waals surface area contributed by atoms with Crippen LogP contribution < -0.4 is 26.8 Å². The number of pyridine rings is 1. The van der Waals surface area contributed by atoms with E-state index in [9.17, 15) is 14.4 Å². The summed E-state index contributed by atoms with van der Waals surface area (Å²) in [4.78, 5) is 46.8. The lowest BCUT2D eigenvalue weighted by Crippen LogP contribution is -2.46. The van der Waals surface area contributed by atoms with Gasteiger partial charge >= 0.3 is 0 Å². The van der Waals surface area contributed by atoms with Gasteiger partial charge in [-0.05, 0) is 69.2 Å². The number of fused-ring (bicyclic) bond motifs is 3. The van der Waals surface area contributed by atoms with E-state index in [-0.39, 0.29) is 23.3 Å². The van der Waals surface area contributed by atoms with E-state index in [1.54, 1.807) is 16.7 Å². The SMILES string of the molecule is Cc1cc(Nc2cc(NC(=O)C3CC3)ncn2)c(=O)n2c1C(=O)NC21C[C@H]2CNC[C@H]2C1. The van der Waals surface area contributed by atoms with Crippen LogP contribution in [0.15, 0.2) is 23.3 Å². The van der Waals surface area contributed by atoms with Crippen LogP contribution in [-0.2, 0) is 10.5 Å². The Morgan fingerprint density at radius 3 is 2.56 bits per heavy atom. The Balaban J connectivity index is 1.34. The Morgan fingerprint density at radius 2 is 1.84 bits per heavy atom. The molecule has 32 heavy (non-hydrogen) atoms. The van der Waals surface area contributed by atoms with Crippen molar-refractivity contribution in [2.45, 2.75) is 38.3 Å². The lowest BCUT2D eigenvalue weighted by molar-refractivity contribution is -0.117. The number of rotatable bonds is 4. The van der Waals surface area contributed by atoms with Crippen molar-refractivity contribution in [2.24, 2.45) is 17.8 Å². The van der Waals surface area contributed by atoms with Crippen molar-refractivity contribution in [3.63, 3.8) is 0 Å². The first-order valence-corrected chi connectivity index (χ1v) is 11.1. The molecule has 2 aromatic heterocycles. The van der Waals surface area contributed by atoms with Gasteiger partial charge in [0.1, 0.15) is 35.0 Å². The number of carbonyl (C=O) groups is 2. The molecular weight excluding hydrogens is 410 g/mol. The van der Waals surface area contributed by atoms with Crippen molar-refractivity contribution in [3.05, 3.63) is 40.1 Å². The van der Waals surface area contributed by atoms with Crippen molar-refractivity contribution < 1.29 is 9.59 Å². The Bertz CT molecular complexity index is 1190. The molecule has 4 N–H and O–H groups in total. The Kier molecular flexibility index (Phi) is 4.16. The van der Waals surface area contributed by atoms with E-state index in [0.717, 1.165) is 44.3 Å². The van der Waals surface area contributed by atoms with Gasteiger partial charge in [0.25, 0.3) is 11.5 Å². The van der Waals surface area contributed by atoms with E-state index >= 15 is 0 Å². The third kappa shape index (κ3) is 3.01. The molecule has 4 aliphatic rings. The van der Waals surface area contributed by atoms with E-state index in [1.165, 1.54) is 6.33 Å². The van der Waals surface area contributed by atoms with Crippen LogP contribution in [0.1, 0.15) is 41.7 Å². The molecule has 2 aliphatic heterocycles. The number of amides is 2. The second kappa shape index (κ2) is 6.86. The molecule has 0 bridgehead atoms. The van der Waals surface area contributed by atoms with E-state index in [1.807, 2.05) is 6.92 Å². The molecule has 2 aromatic rings. The zero-order valence-electron chi connectivity index (χ0n) is 17.8. The highest BCUT2D eigenvalue weighted by molar-refractivity contribution is 5.97. The van der Waals surface area contributed by atoms with Crippen LogP contribution in [0, 0.1) is 24.7 Å². The summed E-state index contributed by atoms with van der Waals surface area (Å²) < 4.78 is 1.67. The summed E-state index contributed by atoms with van der Waals surface area (Å²) in [5.41, 5.74) is 0.592. The third-order valence-electron chi connectivity index (χ3n) is 7.19. The highest BCUT2D eigenvalue weighted by atomic mass is 16.2. The number of nitrogens with zero attached hydrogens (tertiary/aromatic N) is 3. The maximum Gasteiger partial charge on any atom is 0.276 e. The summed E-state index contributed by atoms with van der Waals surface area (Å²) >= 11 is 0. The molecule has 4 heterocycles. The van der Waals surface area contributed by atoms with Gasteiger partial charge in [0.2, 0.25) is 5.91 Å². The smallest absolute Gasteiger partial charge is 0.276 e. The molecule has 10 nitrogen and oxygen atoms in total. The minimum absolute atomic E-state index is 0.0455. The van der Waals surface area contributed by atoms with Crippen molar-refractivity contribution in [1.29, 1.82) is 0 Å². The summed E-state index contributed by atoms with van der Waals surface area (Å²) in [6.07, 6.45) is 4.65. The quantitative estimate of drug-likeness (QED) is 0.565. The number of aryl methyl sites for hydroxylation is 1. The van der Waals surface area contributed by atoms with Gasteiger partial charge in [-0.15, -0.1) is 0 Å². The van der Waals surface area contributed by atoms with Crippen molar-refractivity contribution in [1.82, 2.24) is 25.2 Å². The van der Waals surface area contributed by atoms with E-state index in [2.05, 4.69) is 31.2 Å². The number of aromatic nitrogens is 3. The first-order chi connectivity index (χ1) is 15.4. The molecule has 166 valence electrons. The molecule has 2 amide bonds. The first kappa shape index (κ1) is 19.4. The summed E-state index contributed by atoms with van der Waals surface area (Å²) in [6, 6.07) is 3.30. The van der Waals surface area contributed by atoms with Crippen LogP contribution in [0.3, 0.4) is 0 Å². The molecule has 0 aromatic carbocycles. The Labute approximate surface area is 184 Å². The van der Waals surface area contributed by atoms with E-state index in [0.29, 0.717) is 34.9 Å². The fourth-order valence-corrected chi connectivity index (χ4v) is 5.56. The Morgan fingerprint density at radius 1 is 1.12 bits per heavy atom. The van der Waals surface area contributed by atoms with Gasteiger partial charge in [0, 0.05) is 12.0 Å². The zero-order chi connectivity index (χ0) is 22.0.